The van der Waals surface area contributed by atoms with Crippen LogP contribution in [0, 0.1) is 10.1 Å². The van der Waals surface area contributed by atoms with Crippen LogP contribution in [0.25, 0.3) is 0 Å². The third-order valence-electron chi connectivity index (χ3n) is 2.61. The maximum Gasteiger partial charge on any atom is 0.311 e. The first-order chi connectivity index (χ1) is 9.51. The van der Waals surface area contributed by atoms with E-state index in [1.54, 1.807) is 24.4 Å². The van der Waals surface area contributed by atoms with E-state index in [1.807, 2.05) is 6.92 Å². The summed E-state index contributed by atoms with van der Waals surface area (Å²) in [6.07, 6.45) is 2.29. The van der Waals surface area contributed by atoms with Gasteiger partial charge in [0.05, 0.1) is 9.40 Å². The first-order valence-corrected chi connectivity index (χ1v) is 7.36. The average Bonchev–Trinajstić information content (AvgIpc) is 2.42. The van der Waals surface area contributed by atoms with Crippen molar-refractivity contribution < 1.29 is 9.66 Å². The Bertz CT molecular complexity index is 662. The first kappa shape index (κ1) is 14.9. The van der Waals surface area contributed by atoms with Crippen molar-refractivity contribution in [3.05, 3.63) is 55.1 Å². The Morgan fingerprint density at radius 2 is 2.10 bits per heavy atom. The number of rotatable bonds is 4. The van der Waals surface area contributed by atoms with Crippen molar-refractivity contribution in [2.24, 2.45) is 0 Å². The van der Waals surface area contributed by atoms with Gasteiger partial charge in [-0.1, -0.05) is 13.0 Å². The zero-order valence-electron chi connectivity index (χ0n) is 10.5. The number of pyridine rings is 1. The van der Waals surface area contributed by atoms with Crippen molar-refractivity contribution in [1.82, 2.24) is 4.98 Å². The molecule has 1 heterocycles. The Labute approximate surface area is 132 Å². The Balaban J connectivity index is 2.40. The topological polar surface area (TPSA) is 65.3 Å². The fourth-order valence-electron chi connectivity index (χ4n) is 1.59. The molecule has 2 aromatic rings. The summed E-state index contributed by atoms with van der Waals surface area (Å²) in [5.41, 5.74) is 0.813. The standard InChI is InChI=1S/C13H10Br2N2O3/c1-2-8-3-4-12(11(5-8)17(18)19)20-13-10(15)6-9(14)7-16-13/h3-7H,2H2,1H3. The maximum absolute atomic E-state index is 11.1. The molecule has 0 aliphatic heterocycles. The van der Waals surface area contributed by atoms with Crippen molar-refractivity contribution >= 4 is 37.5 Å². The Morgan fingerprint density at radius 1 is 1.35 bits per heavy atom. The molecule has 0 fully saturated rings. The molecule has 0 N–H and O–H groups in total. The van der Waals surface area contributed by atoms with Crippen LogP contribution < -0.4 is 4.74 Å². The van der Waals surface area contributed by atoms with E-state index in [2.05, 4.69) is 36.8 Å². The summed E-state index contributed by atoms with van der Waals surface area (Å²) in [7, 11) is 0. The first-order valence-electron chi connectivity index (χ1n) is 5.77. The maximum atomic E-state index is 11.1. The van der Waals surface area contributed by atoms with Crippen molar-refractivity contribution in [1.29, 1.82) is 0 Å². The second-order valence-electron chi connectivity index (χ2n) is 3.96. The highest BCUT2D eigenvalue weighted by atomic mass is 79.9. The number of hydrogen-bond donors (Lipinski definition) is 0. The number of hydrogen-bond acceptors (Lipinski definition) is 4. The van der Waals surface area contributed by atoms with E-state index in [-0.39, 0.29) is 17.3 Å². The van der Waals surface area contributed by atoms with Gasteiger partial charge in [-0.05, 0) is 56.0 Å². The highest BCUT2D eigenvalue weighted by Crippen LogP contribution is 2.35. The fourth-order valence-corrected chi connectivity index (χ4v) is 2.66. The molecule has 1 aromatic carbocycles. The molecule has 0 aliphatic carbocycles. The summed E-state index contributed by atoms with van der Waals surface area (Å²) >= 11 is 6.59. The second-order valence-corrected chi connectivity index (χ2v) is 5.73. The number of nitro groups is 1. The van der Waals surface area contributed by atoms with E-state index in [0.717, 1.165) is 16.5 Å². The third kappa shape index (κ3) is 3.34. The van der Waals surface area contributed by atoms with E-state index < -0.39 is 4.92 Å². The van der Waals surface area contributed by atoms with Gasteiger partial charge in [0.25, 0.3) is 0 Å². The van der Waals surface area contributed by atoms with E-state index >= 15 is 0 Å². The van der Waals surface area contributed by atoms with Gasteiger partial charge in [0.2, 0.25) is 11.6 Å². The molecule has 7 heteroatoms. The average molecular weight is 402 g/mol. The highest BCUT2D eigenvalue weighted by molar-refractivity contribution is 9.11. The van der Waals surface area contributed by atoms with Crippen LogP contribution >= 0.6 is 31.9 Å². The monoisotopic (exact) mass is 400 g/mol. The van der Waals surface area contributed by atoms with Gasteiger partial charge in [-0.25, -0.2) is 4.98 Å². The zero-order valence-corrected chi connectivity index (χ0v) is 13.6. The van der Waals surface area contributed by atoms with Crippen molar-refractivity contribution in [3.63, 3.8) is 0 Å². The van der Waals surface area contributed by atoms with Crippen LogP contribution in [0.5, 0.6) is 11.6 Å². The molecule has 5 nitrogen and oxygen atoms in total. The Morgan fingerprint density at radius 3 is 2.70 bits per heavy atom. The largest absolute Gasteiger partial charge is 0.431 e. The molecule has 0 radical (unpaired) electrons. The lowest BCUT2D eigenvalue weighted by molar-refractivity contribution is -0.385. The minimum absolute atomic E-state index is 0.0685. The lowest BCUT2D eigenvalue weighted by Gasteiger charge is -2.08. The minimum Gasteiger partial charge on any atom is -0.431 e. The predicted molar refractivity (Wildman–Crippen MR) is 82.2 cm³/mol. The van der Waals surface area contributed by atoms with E-state index in [0.29, 0.717) is 4.47 Å². The Hall–Kier alpha value is -1.47. The van der Waals surface area contributed by atoms with Crippen molar-refractivity contribution in [2.75, 3.05) is 0 Å². The summed E-state index contributed by atoms with van der Waals surface area (Å²) < 4.78 is 6.93. The number of ether oxygens (including phenoxy) is 1. The molecule has 0 spiro atoms. The predicted octanol–water partition coefficient (Wildman–Crippen LogP) is 4.87. The molecule has 20 heavy (non-hydrogen) atoms. The number of aromatic nitrogens is 1. The molecule has 1 aromatic heterocycles. The number of halogens is 2. The third-order valence-corrected chi connectivity index (χ3v) is 3.61. The smallest absolute Gasteiger partial charge is 0.311 e. The van der Waals surface area contributed by atoms with Gasteiger partial charge in [-0.2, -0.15) is 0 Å². The molecule has 0 unspecified atom stereocenters. The number of nitro benzene ring substituents is 1. The molecule has 0 aliphatic rings. The van der Waals surface area contributed by atoms with Gasteiger partial charge in [-0.15, -0.1) is 0 Å². The summed E-state index contributed by atoms with van der Waals surface area (Å²) in [5.74, 6) is 0.447. The van der Waals surface area contributed by atoms with Crippen LogP contribution in [0.3, 0.4) is 0 Å². The zero-order chi connectivity index (χ0) is 14.7. The molecular formula is C13H10Br2N2O3. The van der Waals surface area contributed by atoms with Crippen LogP contribution in [0.2, 0.25) is 0 Å². The van der Waals surface area contributed by atoms with Gasteiger partial charge >= 0.3 is 5.69 Å². The fraction of sp³-hybridized carbons (Fsp3) is 0.154. The summed E-state index contributed by atoms with van der Waals surface area (Å²) in [6.45, 7) is 1.94. The molecule has 104 valence electrons. The molecule has 0 saturated heterocycles. The van der Waals surface area contributed by atoms with Crippen LogP contribution in [0.1, 0.15) is 12.5 Å². The molecular weight excluding hydrogens is 392 g/mol. The summed E-state index contributed by atoms with van der Waals surface area (Å²) in [4.78, 5) is 14.7. The molecule has 0 atom stereocenters. The number of benzene rings is 1. The van der Waals surface area contributed by atoms with Gasteiger partial charge in [0.1, 0.15) is 0 Å². The highest BCUT2D eigenvalue weighted by Gasteiger charge is 2.18. The lowest BCUT2D eigenvalue weighted by atomic mass is 10.1. The minimum atomic E-state index is -0.457. The van der Waals surface area contributed by atoms with E-state index in [4.69, 9.17) is 4.74 Å². The number of aryl methyl sites for hydroxylation is 1. The van der Waals surface area contributed by atoms with Gasteiger partial charge in [0, 0.05) is 16.7 Å². The lowest BCUT2D eigenvalue weighted by Crippen LogP contribution is -1.96. The second kappa shape index (κ2) is 6.32. The van der Waals surface area contributed by atoms with E-state index in [9.17, 15) is 10.1 Å². The number of nitrogens with zero attached hydrogens (tertiary/aromatic N) is 2. The van der Waals surface area contributed by atoms with Crippen LogP contribution in [0.15, 0.2) is 39.4 Å². The Kier molecular flexibility index (Phi) is 4.72. The normalized spacial score (nSPS) is 10.3. The van der Waals surface area contributed by atoms with Crippen molar-refractivity contribution in [3.8, 4) is 11.6 Å². The SMILES string of the molecule is CCc1ccc(Oc2ncc(Br)cc2Br)c([N+](=O)[O-])c1. The van der Waals surface area contributed by atoms with Crippen molar-refractivity contribution in [2.45, 2.75) is 13.3 Å². The van der Waals surface area contributed by atoms with Crippen LogP contribution in [0.4, 0.5) is 5.69 Å². The summed E-state index contributed by atoms with van der Waals surface area (Å²) in [5, 5.41) is 11.1. The van der Waals surface area contributed by atoms with Crippen LogP contribution in [-0.4, -0.2) is 9.91 Å². The molecule has 0 bridgehead atoms. The quantitative estimate of drug-likeness (QED) is 0.541. The van der Waals surface area contributed by atoms with Crippen LogP contribution in [-0.2, 0) is 6.42 Å². The molecule has 2 rings (SSSR count). The van der Waals surface area contributed by atoms with Gasteiger partial charge < -0.3 is 4.74 Å². The van der Waals surface area contributed by atoms with Gasteiger partial charge in [-0.3, -0.25) is 10.1 Å². The summed E-state index contributed by atoms with van der Waals surface area (Å²) in [6, 6.07) is 6.67. The molecule has 0 saturated carbocycles. The molecule has 0 amide bonds. The van der Waals surface area contributed by atoms with Gasteiger partial charge in [0.15, 0.2) is 0 Å². The van der Waals surface area contributed by atoms with E-state index in [1.165, 1.54) is 6.07 Å².